The lowest BCUT2D eigenvalue weighted by atomic mass is 9.99. The lowest BCUT2D eigenvalue weighted by Crippen LogP contribution is -2.45. The van der Waals surface area contributed by atoms with Crippen molar-refractivity contribution in [1.82, 2.24) is 19.8 Å². The molecule has 11 heteroatoms. The Morgan fingerprint density at radius 2 is 2.06 bits per heavy atom. The van der Waals surface area contributed by atoms with Gasteiger partial charge in [-0.05, 0) is 49.2 Å². The van der Waals surface area contributed by atoms with Crippen LogP contribution >= 0.6 is 0 Å². The van der Waals surface area contributed by atoms with Crippen molar-refractivity contribution >= 4 is 15.9 Å². The number of sulfonamides is 1. The highest BCUT2D eigenvalue weighted by atomic mass is 32.2. The summed E-state index contributed by atoms with van der Waals surface area (Å²) in [5.74, 6) is -0.0740. The number of nitrogens with zero attached hydrogens (tertiary/aromatic N) is 3. The molecule has 1 aromatic heterocycles. The molecular formula is C22H23FN4O5S. The van der Waals surface area contributed by atoms with Gasteiger partial charge in [-0.25, -0.2) is 12.8 Å². The Labute approximate surface area is 190 Å². The molecule has 1 N–H and O–H groups in total. The number of benzene rings is 2. The fourth-order valence-corrected chi connectivity index (χ4v) is 5.17. The number of ether oxygens (including phenoxy) is 1. The zero-order chi connectivity index (χ0) is 23.4. The van der Waals surface area contributed by atoms with Crippen LogP contribution in [0.2, 0.25) is 0 Å². The second kappa shape index (κ2) is 9.67. The van der Waals surface area contributed by atoms with Gasteiger partial charge in [0.1, 0.15) is 11.6 Å². The quantitative estimate of drug-likeness (QED) is 0.560. The number of nitrogens with one attached hydrogen (secondary N) is 1. The van der Waals surface area contributed by atoms with Crippen LogP contribution in [0.25, 0.3) is 11.4 Å². The van der Waals surface area contributed by atoms with Crippen molar-refractivity contribution in [3.63, 3.8) is 0 Å². The Hall–Kier alpha value is -3.31. The van der Waals surface area contributed by atoms with E-state index in [-0.39, 0.29) is 29.8 Å². The molecule has 9 nitrogen and oxygen atoms in total. The summed E-state index contributed by atoms with van der Waals surface area (Å²) in [4.78, 5) is 17.0. The monoisotopic (exact) mass is 474 g/mol. The average molecular weight is 475 g/mol. The van der Waals surface area contributed by atoms with E-state index in [4.69, 9.17) is 9.26 Å². The summed E-state index contributed by atoms with van der Waals surface area (Å²) in [6.45, 7) is 0.374. The molecule has 1 amide bonds. The van der Waals surface area contributed by atoms with Crippen molar-refractivity contribution in [1.29, 1.82) is 0 Å². The maximum atomic E-state index is 13.2. The third-order valence-electron chi connectivity index (χ3n) is 5.42. The summed E-state index contributed by atoms with van der Waals surface area (Å²) in [5, 5.41) is 6.67. The Morgan fingerprint density at radius 1 is 1.27 bits per heavy atom. The van der Waals surface area contributed by atoms with Gasteiger partial charge in [0.15, 0.2) is 0 Å². The van der Waals surface area contributed by atoms with Crippen molar-refractivity contribution in [2.45, 2.75) is 24.3 Å². The first-order valence-corrected chi connectivity index (χ1v) is 11.8. The van der Waals surface area contributed by atoms with Crippen molar-refractivity contribution in [3.05, 3.63) is 60.2 Å². The number of methoxy groups -OCH3 is 1. The molecule has 4 rings (SSSR count). The molecule has 2 heterocycles. The summed E-state index contributed by atoms with van der Waals surface area (Å²) in [5.41, 5.74) is 0.713. The normalized spacial score (nSPS) is 17.0. The van der Waals surface area contributed by atoms with Crippen molar-refractivity contribution in [2.75, 3.05) is 20.2 Å². The van der Waals surface area contributed by atoms with Gasteiger partial charge in [-0.1, -0.05) is 17.3 Å². The summed E-state index contributed by atoms with van der Waals surface area (Å²) < 4.78 is 50.5. The highest BCUT2D eigenvalue weighted by molar-refractivity contribution is 7.89. The minimum absolute atomic E-state index is 0.000824. The summed E-state index contributed by atoms with van der Waals surface area (Å²) in [6, 6.07) is 11.8. The molecular weight excluding hydrogens is 451 g/mol. The number of piperidine rings is 1. The van der Waals surface area contributed by atoms with Crippen molar-refractivity contribution in [3.8, 4) is 17.1 Å². The van der Waals surface area contributed by atoms with E-state index in [1.807, 2.05) is 6.07 Å². The van der Waals surface area contributed by atoms with E-state index in [0.717, 1.165) is 12.1 Å². The molecule has 1 aliphatic rings. The third-order valence-corrected chi connectivity index (χ3v) is 7.30. The SMILES string of the molecule is COc1cccc(-c2noc(CNC(=O)[C@H]3CCCN(S(=O)(=O)c4ccc(F)cc4)C3)n2)c1. The Bertz CT molecular complexity index is 1230. The number of carbonyl (C=O) groups is 1. The number of halogens is 1. The lowest BCUT2D eigenvalue weighted by Gasteiger charge is -2.31. The number of amides is 1. The lowest BCUT2D eigenvalue weighted by molar-refractivity contribution is -0.126. The average Bonchev–Trinajstić information content (AvgIpc) is 3.32. The molecule has 0 radical (unpaired) electrons. The van der Waals surface area contributed by atoms with E-state index in [2.05, 4.69) is 15.5 Å². The predicted octanol–water partition coefficient (Wildman–Crippen LogP) is 2.60. The van der Waals surface area contributed by atoms with Gasteiger partial charge in [0.2, 0.25) is 27.6 Å². The van der Waals surface area contributed by atoms with E-state index in [0.29, 0.717) is 36.5 Å². The van der Waals surface area contributed by atoms with Gasteiger partial charge in [0, 0.05) is 18.7 Å². The Kier molecular flexibility index (Phi) is 6.70. The fourth-order valence-electron chi connectivity index (χ4n) is 3.64. The molecule has 174 valence electrons. The van der Waals surface area contributed by atoms with E-state index >= 15 is 0 Å². The minimum atomic E-state index is -3.81. The number of carbonyl (C=O) groups excluding carboxylic acids is 1. The molecule has 0 bridgehead atoms. The number of aromatic nitrogens is 2. The van der Waals surface area contributed by atoms with Gasteiger partial charge >= 0.3 is 0 Å². The van der Waals surface area contributed by atoms with Gasteiger partial charge in [-0.3, -0.25) is 4.79 Å². The largest absolute Gasteiger partial charge is 0.497 e. The maximum absolute atomic E-state index is 13.2. The van der Waals surface area contributed by atoms with Crippen LogP contribution in [0.3, 0.4) is 0 Å². The van der Waals surface area contributed by atoms with E-state index in [1.165, 1.54) is 16.4 Å². The highest BCUT2D eigenvalue weighted by Crippen LogP contribution is 2.25. The van der Waals surface area contributed by atoms with Crippen LogP contribution in [-0.2, 0) is 21.4 Å². The second-order valence-electron chi connectivity index (χ2n) is 7.62. The molecule has 0 saturated carbocycles. The minimum Gasteiger partial charge on any atom is -0.497 e. The first-order valence-electron chi connectivity index (χ1n) is 10.4. The number of rotatable bonds is 7. The smallest absolute Gasteiger partial charge is 0.246 e. The number of hydrogen-bond acceptors (Lipinski definition) is 7. The van der Waals surface area contributed by atoms with Crippen LogP contribution in [-0.4, -0.2) is 49.0 Å². The van der Waals surface area contributed by atoms with Crippen LogP contribution in [0.15, 0.2) is 57.9 Å². The van der Waals surface area contributed by atoms with Gasteiger partial charge in [-0.2, -0.15) is 9.29 Å². The van der Waals surface area contributed by atoms with Gasteiger partial charge in [0.05, 0.1) is 24.5 Å². The molecule has 0 unspecified atom stereocenters. The molecule has 1 saturated heterocycles. The van der Waals surface area contributed by atoms with Crippen molar-refractivity contribution in [2.24, 2.45) is 5.92 Å². The van der Waals surface area contributed by atoms with Crippen LogP contribution in [0.1, 0.15) is 18.7 Å². The van der Waals surface area contributed by atoms with Gasteiger partial charge < -0.3 is 14.6 Å². The molecule has 1 aliphatic heterocycles. The summed E-state index contributed by atoms with van der Waals surface area (Å²) in [7, 11) is -2.25. The zero-order valence-electron chi connectivity index (χ0n) is 17.9. The predicted molar refractivity (Wildman–Crippen MR) is 116 cm³/mol. The van der Waals surface area contributed by atoms with E-state index in [9.17, 15) is 17.6 Å². The molecule has 1 atom stereocenters. The Morgan fingerprint density at radius 3 is 2.82 bits per heavy atom. The molecule has 2 aromatic carbocycles. The molecule has 0 spiro atoms. The highest BCUT2D eigenvalue weighted by Gasteiger charge is 2.33. The molecule has 3 aromatic rings. The molecule has 0 aliphatic carbocycles. The standard InChI is InChI=1S/C22H23FN4O5S/c1-31-18-6-2-4-15(12-18)21-25-20(32-26-21)13-24-22(28)16-5-3-11-27(14-16)33(29,30)19-9-7-17(23)8-10-19/h2,4,6-10,12,16H,3,5,11,13-14H2,1H3,(H,24,28)/t16-/m0/s1. The van der Waals surface area contributed by atoms with Crippen molar-refractivity contribution < 1.29 is 26.9 Å². The zero-order valence-corrected chi connectivity index (χ0v) is 18.7. The molecule has 33 heavy (non-hydrogen) atoms. The van der Waals surface area contributed by atoms with E-state index in [1.54, 1.807) is 25.3 Å². The first-order chi connectivity index (χ1) is 15.9. The van der Waals surface area contributed by atoms with E-state index < -0.39 is 21.8 Å². The summed E-state index contributed by atoms with van der Waals surface area (Å²) in [6.07, 6.45) is 1.10. The van der Waals surface area contributed by atoms with Crippen LogP contribution in [0, 0.1) is 11.7 Å². The van der Waals surface area contributed by atoms with Crippen LogP contribution in [0.5, 0.6) is 5.75 Å². The number of hydrogen-bond donors (Lipinski definition) is 1. The first kappa shape index (κ1) is 22.9. The fraction of sp³-hybridized carbons (Fsp3) is 0.318. The summed E-state index contributed by atoms with van der Waals surface area (Å²) >= 11 is 0. The second-order valence-corrected chi connectivity index (χ2v) is 9.56. The third kappa shape index (κ3) is 5.20. The molecule has 1 fully saturated rings. The van der Waals surface area contributed by atoms with Crippen LogP contribution in [0.4, 0.5) is 4.39 Å². The Balaban J connectivity index is 1.37. The van der Waals surface area contributed by atoms with Gasteiger partial charge in [0.25, 0.3) is 0 Å². The van der Waals surface area contributed by atoms with Crippen LogP contribution < -0.4 is 10.1 Å². The van der Waals surface area contributed by atoms with Gasteiger partial charge in [-0.15, -0.1) is 0 Å². The maximum Gasteiger partial charge on any atom is 0.246 e. The topological polar surface area (TPSA) is 115 Å².